The fourth-order valence-electron chi connectivity index (χ4n) is 3.46. The third-order valence-corrected chi connectivity index (χ3v) is 5.14. The zero-order valence-electron chi connectivity index (χ0n) is 18.1. The second kappa shape index (κ2) is 9.83. The van der Waals surface area contributed by atoms with Crippen LogP contribution in [0.15, 0.2) is 85.2 Å². The molecule has 162 valence electrons. The van der Waals surface area contributed by atoms with Crippen molar-refractivity contribution in [3.8, 4) is 22.6 Å². The zero-order valence-corrected chi connectivity index (χ0v) is 18.1. The van der Waals surface area contributed by atoms with Gasteiger partial charge in [0.1, 0.15) is 6.61 Å². The molecule has 1 heterocycles. The molecule has 0 unspecified atom stereocenters. The summed E-state index contributed by atoms with van der Waals surface area (Å²) in [6, 6.07) is 23.1. The number of nitrogens with one attached hydrogen (secondary N) is 1. The minimum atomic E-state index is -0.182. The van der Waals surface area contributed by atoms with E-state index in [0.717, 1.165) is 22.3 Å². The summed E-state index contributed by atoms with van der Waals surface area (Å²) in [6.07, 6.45) is 3.78. The van der Waals surface area contributed by atoms with Crippen LogP contribution in [0.2, 0.25) is 0 Å². The predicted octanol–water partition coefficient (Wildman–Crippen LogP) is 4.60. The van der Waals surface area contributed by atoms with Gasteiger partial charge >= 0.3 is 0 Å². The van der Waals surface area contributed by atoms with Crippen LogP contribution in [0.25, 0.3) is 11.1 Å². The topological polar surface area (TPSA) is 65.4 Å². The van der Waals surface area contributed by atoms with Gasteiger partial charge in [0.05, 0.1) is 13.3 Å². The van der Waals surface area contributed by atoms with Gasteiger partial charge in [0.2, 0.25) is 0 Å². The number of rotatable bonds is 8. The molecule has 0 fully saturated rings. The van der Waals surface area contributed by atoms with E-state index in [1.165, 1.54) is 0 Å². The van der Waals surface area contributed by atoms with Crippen molar-refractivity contribution in [2.75, 3.05) is 7.11 Å². The average Bonchev–Trinajstić information content (AvgIpc) is 3.28. The molecule has 0 saturated heterocycles. The Kier molecular flexibility index (Phi) is 6.51. The number of aromatic nitrogens is 2. The van der Waals surface area contributed by atoms with Gasteiger partial charge in [-0.25, -0.2) is 0 Å². The van der Waals surface area contributed by atoms with E-state index >= 15 is 0 Å². The number of benzene rings is 3. The largest absolute Gasteiger partial charge is 0.493 e. The Labute approximate surface area is 187 Å². The second-order valence-corrected chi connectivity index (χ2v) is 7.38. The summed E-state index contributed by atoms with van der Waals surface area (Å²) in [7, 11) is 3.45. The number of hydrogen-bond acceptors (Lipinski definition) is 4. The highest BCUT2D eigenvalue weighted by atomic mass is 16.5. The summed E-state index contributed by atoms with van der Waals surface area (Å²) in [4.78, 5) is 12.8. The molecule has 0 radical (unpaired) electrons. The van der Waals surface area contributed by atoms with Crippen LogP contribution < -0.4 is 14.8 Å². The average molecular weight is 428 g/mol. The molecule has 0 atom stereocenters. The summed E-state index contributed by atoms with van der Waals surface area (Å²) in [5, 5.41) is 7.24. The molecule has 4 aromatic rings. The maximum absolute atomic E-state index is 12.8. The minimum absolute atomic E-state index is 0.182. The molecular formula is C26H25N3O3. The van der Waals surface area contributed by atoms with Gasteiger partial charge in [-0.1, -0.05) is 54.6 Å². The van der Waals surface area contributed by atoms with Crippen molar-refractivity contribution in [1.29, 1.82) is 0 Å². The number of aryl methyl sites for hydroxylation is 1. The van der Waals surface area contributed by atoms with Gasteiger partial charge in [0, 0.05) is 30.9 Å². The minimum Gasteiger partial charge on any atom is -0.493 e. The Hall–Kier alpha value is -4.06. The van der Waals surface area contributed by atoms with E-state index in [0.29, 0.717) is 30.2 Å². The number of carbonyl (C=O) groups excluding carboxylic acids is 1. The fourth-order valence-corrected chi connectivity index (χ4v) is 3.46. The lowest BCUT2D eigenvalue weighted by atomic mass is 10.0. The molecule has 4 rings (SSSR count). The molecule has 0 saturated carbocycles. The van der Waals surface area contributed by atoms with Crippen LogP contribution in [0.1, 0.15) is 21.5 Å². The smallest absolute Gasteiger partial charge is 0.251 e. The normalized spacial score (nSPS) is 10.6. The van der Waals surface area contributed by atoms with Crippen molar-refractivity contribution in [3.63, 3.8) is 0 Å². The van der Waals surface area contributed by atoms with Gasteiger partial charge in [-0.2, -0.15) is 5.10 Å². The first-order valence-electron chi connectivity index (χ1n) is 10.3. The monoisotopic (exact) mass is 427 g/mol. The first-order valence-corrected chi connectivity index (χ1v) is 10.3. The number of hydrogen-bond donors (Lipinski definition) is 1. The number of carbonyl (C=O) groups is 1. The summed E-state index contributed by atoms with van der Waals surface area (Å²) in [6.45, 7) is 0.826. The van der Waals surface area contributed by atoms with E-state index in [1.807, 2.05) is 74.0 Å². The lowest BCUT2D eigenvalue weighted by Gasteiger charge is -2.13. The molecule has 0 bridgehead atoms. The van der Waals surface area contributed by atoms with E-state index in [-0.39, 0.29) is 5.91 Å². The predicted molar refractivity (Wildman–Crippen MR) is 124 cm³/mol. The quantitative estimate of drug-likeness (QED) is 0.446. The van der Waals surface area contributed by atoms with Crippen molar-refractivity contribution in [1.82, 2.24) is 15.1 Å². The van der Waals surface area contributed by atoms with Gasteiger partial charge in [0.15, 0.2) is 11.5 Å². The molecule has 3 aromatic carbocycles. The third-order valence-electron chi connectivity index (χ3n) is 5.14. The number of nitrogens with zero attached hydrogens (tertiary/aromatic N) is 2. The molecule has 6 nitrogen and oxygen atoms in total. The lowest BCUT2D eigenvalue weighted by Crippen LogP contribution is -2.23. The first kappa shape index (κ1) is 21.2. The summed E-state index contributed by atoms with van der Waals surface area (Å²) >= 11 is 0. The van der Waals surface area contributed by atoms with Crippen LogP contribution in [0.3, 0.4) is 0 Å². The standard InChI is InChI=1S/C26H25N3O3/c1-29-17-22(16-28-29)23-11-7-6-10-21(23)15-27-26(30)20-12-13-24(25(14-20)31-2)32-18-19-8-4-3-5-9-19/h3-14,16-17H,15,18H2,1-2H3,(H,27,30). The molecule has 1 N–H and O–H groups in total. The van der Waals surface area contributed by atoms with E-state index in [1.54, 1.807) is 30.0 Å². The van der Waals surface area contributed by atoms with Crippen LogP contribution in [0.4, 0.5) is 0 Å². The lowest BCUT2D eigenvalue weighted by molar-refractivity contribution is 0.0950. The molecule has 1 amide bonds. The van der Waals surface area contributed by atoms with Gasteiger partial charge in [0.25, 0.3) is 5.91 Å². The zero-order chi connectivity index (χ0) is 22.3. The SMILES string of the molecule is COc1cc(C(=O)NCc2ccccc2-c2cnn(C)c2)ccc1OCc1ccccc1. The van der Waals surface area contributed by atoms with Gasteiger partial charge in [-0.15, -0.1) is 0 Å². The van der Waals surface area contributed by atoms with Crippen molar-refractivity contribution < 1.29 is 14.3 Å². The maximum atomic E-state index is 12.8. The Morgan fingerprint density at radius 2 is 1.78 bits per heavy atom. The second-order valence-electron chi connectivity index (χ2n) is 7.38. The highest BCUT2D eigenvalue weighted by molar-refractivity contribution is 5.95. The van der Waals surface area contributed by atoms with Crippen LogP contribution in [0, 0.1) is 0 Å². The Morgan fingerprint density at radius 3 is 2.53 bits per heavy atom. The summed E-state index contributed by atoms with van der Waals surface area (Å²) in [5.41, 5.74) is 4.64. The Balaban J connectivity index is 1.44. The Bertz CT molecular complexity index is 1200. The fraction of sp³-hybridized carbons (Fsp3) is 0.154. The maximum Gasteiger partial charge on any atom is 0.251 e. The van der Waals surface area contributed by atoms with Crippen molar-refractivity contribution in [2.24, 2.45) is 7.05 Å². The molecule has 1 aromatic heterocycles. The van der Waals surface area contributed by atoms with Crippen molar-refractivity contribution >= 4 is 5.91 Å². The first-order chi connectivity index (χ1) is 15.6. The number of methoxy groups -OCH3 is 1. The number of amides is 1. The van der Waals surface area contributed by atoms with Gasteiger partial charge in [-0.05, 0) is 34.9 Å². The van der Waals surface area contributed by atoms with E-state index in [2.05, 4.69) is 10.4 Å². The molecule has 0 aliphatic heterocycles. The molecule has 32 heavy (non-hydrogen) atoms. The third kappa shape index (κ3) is 4.98. The summed E-state index contributed by atoms with van der Waals surface area (Å²) in [5.74, 6) is 0.929. The van der Waals surface area contributed by atoms with Gasteiger partial charge in [-0.3, -0.25) is 9.48 Å². The molecule has 0 aliphatic rings. The molecule has 6 heteroatoms. The van der Waals surface area contributed by atoms with E-state index in [4.69, 9.17) is 9.47 Å². The summed E-state index contributed by atoms with van der Waals surface area (Å²) < 4.78 is 13.1. The molecular weight excluding hydrogens is 402 g/mol. The van der Waals surface area contributed by atoms with Crippen LogP contribution in [0.5, 0.6) is 11.5 Å². The van der Waals surface area contributed by atoms with Crippen molar-refractivity contribution in [2.45, 2.75) is 13.2 Å². The van der Waals surface area contributed by atoms with E-state index < -0.39 is 0 Å². The van der Waals surface area contributed by atoms with Crippen LogP contribution >= 0.6 is 0 Å². The number of ether oxygens (including phenoxy) is 2. The van der Waals surface area contributed by atoms with Crippen molar-refractivity contribution in [3.05, 3.63) is 102 Å². The highest BCUT2D eigenvalue weighted by Crippen LogP contribution is 2.29. The van der Waals surface area contributed by atoms with E-state index in [9.17, 15) is 4.79 Å². The Morgan fingerprint density at radius 1 is 1.00 bits per heavy atom. The van der Waals surface area contributed by atoms with Gasteiger partial charge < -0.3 is 14.8 Å². The van der Waals surface area contributed by atoms with Crippen LogP contribution in [-0.2, 0) is 20.2 Å². The molecule has 0 spiro atoms. The highest BCUT2D eigenvalue weighted by Gasteiger charge is 2.13. The van der Waals surface area contributed by atoms with Crippen LogP contribution in [-0.4, -0.2) is 22.8 Å². The molecule has 0 aliphatic carbocycles.